The number of nitrogens with one attached hydrogen (secondary N) is 1. The summed E-state index contributed by atoms with van der Waals surface area (Å²) in [6.07, 6.45) is 1.07. The van der Waals surface area contributed by atoms with Crippen molar-refractivity contribution in [3.05, 3.63) is 53.1 Å². The first-order valence-electron chi connectivity index (χ1n) is 9.74. The molecule has 0 bridgehead atoms. The number of carbonyl (C=O) groups is 2. The number of aryl methyl sites for hydroxylation is 2. The Balaban J connectivity index is 2.03. The van der Waals surface area contributed by atoms with Crippen molar-refractivity contribution < 1.29 is 19.1 Å². The molecule has 2 rings (SSSR count). The first-order valence-corrected chi connectivity index (χ1v) is 9.74. The van der Waals surface area contributed by atoms with Crippen LogP contribution in [0.25, 0.3) is 0 Å². The zero-order chi connectivity index (χ0) is 21.4. The topological polar surface area (TPSA) is 67.9 Å². The van der Waals surface area contributed by atoms with Gasteiger partial charge < -0.3 is 19.7 Å². The summed E-state index contributed by atoms with van der Waals surface area (Å²) in [6.45, 7) is 6.28. The van der Waals surface area contributed by atoms with Crippen LogP contribution in [0.15, 0.2) is 36.4 Å². The molecule has 2 aromatic carbocycles. The molecule has 156 valence electrons. The highest BCUT2D eigenvalue weighted by Gasteiger charge is 2.15. The van der Waals surface area contributed by atoms with E-state index in [1.807, 2.05) is 43.3 Å². The molecule has 0 heterocycles. The summed E-state index contributed by atoms with van der Waals surface area (Å²) in [5, 5.41) is 3.01. The zero-order valence-corrected chi connectivity index (χ0v) is 17.9. The van der Waals surface area contributed by atoms with Crippen LogP contribution in [0.5, 0.6) is 11.5 Å². The number of ether oxygens (including phenoxy) is 2. The lowest BCUT2D eigenvalue weighted by Gasteiger charge is -2.22. The van der Waals surface area contributed by atoms with Crippen molar-refractivity contribution in [1.29, 1.82) is 0 Å². The van der Waals surface area contributed by atoms with Crippen LogP contribution < -0.4 is 14.8 Å². The summed E-state index contributed by atoms with van der Waals surface area (Å²) in [7, 11) is 3.15. The Labute approximate surface area is 172 Å². The number of hydrogen-bond donors (Lipinski definition) is 1. The van der Waals surface area contributed by atoms with Crippen LogP contribution in [0.3, 0.4) is 0 Å². The van der Waals surface area contributed by atoms with Crippen LogP contribution in [-0.4, -0.2) is 37.5 Å². The monoisotopic (exact) mass is 398 g/mol. The number of benzene rings is 2. The number of para-hydroxylation sites is 1. The molecule has 6 heteroatoms. The second-order valence-corrected chi connectivity index (χ2v) is 6.89. The maximum absolute atomic E-state index is 12.5. The van der Waals surface area contributed by atoms with Gasteiger partial charge in [0, 0.05) is 32.1 Å². The van der Waals surface area contributed by atoms with Crippen molar-refractivity contribution in [3.63, 3.8) is 0 Å². The van der Waals surface area contributed by atoms with Crippen molar-refractivity contribution in [3.8, 4) is 11.5 Å². The molecule has 0 aliphatic rings. The van der Waals surface area contributed by atoms with Crippen molar-refractivity contribution in [2.24, 2.45) is 0 Å². The molecule has 0 aromatic heterocycles. The van der Waals surface area contributed by atoms with Gasteiger partial charge in [-0.2, -0.15) is 0 Å². The average Bonchev–Trinajstić information content (AvgIpc) is 2.72. The predicted octanol–water partition coefficient (Wildman–Crippen LogP) is 3.95. The fraction of sp³-hybridized carbons (Fsp3) is 0.391. The van der Waals surface area contributed by atoms with E-state index in [9.17, 15) is 9.59 Å². The van der Waals surface area contributed by atoms with Crippen LogP contribution in [0, 0.1) is 6.92 Å². The third-order valence-corrected chi connectivity index (χ3v) is 4.88. The van der Waals surface area contributed by atoms with Gasteiger partial charge in [-0.3, -0.25) is 9.59 Å². The van der Waals surface area contributed by atoms with Crippen LogP contribution in [0.1, 0.15) is 37.0 Å². The minimum Gasteiger partial charge on any atom is -0.493 e. The summed E-state index contributed by atoms with van der Waals surface area (Å²) in [4.78, 5) is 26.3. The van der Waals surface area contributed by atoms with E-state index in [4.69, 9.17) is 9.47 Å². The molecule has 0 fully saturated rings. The zero-order valence-electron chi connectivity index (χ0n) is 17.9. The van der Waals surface area contributed by atoms with E-state index in [0.717, 1.165) is 28.8 Å². The van der Waals surface area contributed by atoms with E-state index in [1.54, 1.807) is 19.1 Å². The van der Waals surface area contributed by atoms with E-state index in [1.165, 1.54) is 6.92 Å². The highest BCUT2D eigenvalue weighted by Crippen LogP contribution is 2.28. The first kappa shape index (κ1) is 22.3. The number of hydrogen-bond acceptors (Lipinski definition) is 4. The molecular weight excluding hydrogens is 368 g/mol. The molecule has 0 saturated carbocycles. The summed E-state index contributed by atoms with van der Waals surface area (Å²) in [6, 6.07) is 11.5. The summed E-state index contributed by atoms with van der Waals surface area (Å²) >= 11 is 0. The third-order valence-electron chi connectivity index (χ3n) is 4.88. The smallest absolute Gasteiger partial charge is 0.226 e. The molecular formula is C23H30N2O4. The minimum atomic E-state index is -0.104. The summed E-state index contributed by atoms with van der Waals surface area (Å²) in [5.41, 5.74) is 3.92. The fourth-order valence-corrected chi connectivity index (χ4v) is 3.19. The second kappa shape index (κ2) is 10.5. The number of amides is 2. The molecule has 0 atom stereocenters. The first-order chi connectivity index (χ1) is 13.9. The number of anilines is 1. The van der Waals surface area contributed by atoms with Gasteiger partial charge in [-0.05, 0) is 42.2 Å². The van der Waals surface area contributed by atoms with Gasteiger partial charge in [-0.1, -0.05) is 31.2 Å². The molecule has 29 heavy (non-hydrogen) atoms. The molecule has 0 radical (unpaired) electrons. The fourth-order valence-electron chi connectivity index (χ4n) is 3.19. The number of rotatable bonds is 9. The lowest BCUT2D eigenvalue weighted by molar-refractivity contribution is -0.129. The van der Waals surface area contributed by atoms with Crippen LogP contribution in [0.2, 0.25) is 0 Å². The number of methoxy groups -OCH3 is 2. The molecule has 0 saturated heterocycles. The van der Waals surface area contributed by atoms with Crippen LogP contribution in [0.4, 0.5) is 5.69 Å². The number of nitrogens with zero attached hydrogens (tertiary/aromatic N) is 1. The Bertz CT molecular complexity index is 864. The molecule has 2 amide bonds. The summed E-state index contributed by atoms with van der Waals surface area (Å²) in [5.74, 6) is 1.05. The van der Waals surface area contributed by atoms with Crippen LogP contribution in [-0.2, 0) is 22.6 Å². The average molecular weight is 399 g/mol. The van der Waals surface area contributed by atoms with Gasteiger partial charge >= 0.3 is 0 Å². The third kappa shape index (κ3) is 5.98. The Hall–Kier alpha value is -3.02. The molecule has 2 aromatic rings. The number of carbonyl (C=O) groups excluding carboxylic acids is 2. The normalized spacial score (nSPS) is 10.4. The van der Waals surface area contributed by atoms with Crippen molar-refractivity contribution in [2.45, 2.75) is 40.2 Å². The van der Waals surface area contributed by atoms with Gasteiger partial charge in [0.1, 0.15) is 0 Å². The SMILES string of the molecule is CCc1cccc(C)c1NC(=O)CCN(Cc1ccc(OC)c(OC)c1)C(C)=O. The molecule has 0 aliphatic heterocycles. The van der Waals surface area contributed by atoms with Crippen molar-refractivity contribution in [1.82, 2.24) is 4.90 Å². The minimum absolute atomic E-state index is 0.0854. The lowest BCUT2D eigenvalue weighted by atomic mass is 10.1. The summed E-state index contributed by atoms with van der Waals surface area (Å²) < 4.78 is 10.6. The van der Waals surface area contributed by atoms with Crippen LogP contribution >= 0.6 is 0 Å². The van der Waals surface area contributed by atoms with E-state index in [-0.39, 0.29) is 18.2 Å². The Morgan fingerprint density at radius 2 is 1.79 bits per heavy atom. The molecule has 1 N–H and O–H groups in total. The Morgan fingerprint density at radius 1 is 1.07 bits per heavy atom. The lowest BCUT2D eigenvalue weighted by Crippen LogP contribution is -2.31. The Morgan fingerprint density at radius 3 is 2.41 bits per heavy atom. The van der Waals surface area contributed by atoms with E-state index in [2.05, 4.69) is 12.2 Å². The van der Waals surface area contributed by atoms with E-state index < -0.39 is 0 Å². The maximum atomic E-state index is 12.5. The standard InChI is InChI=1S/C23H30N2O4/c1-6-19-9-7-8-16(2)23(19)24-22(27)12-13-25(17(3)26)15-18-10-11-20(28-4)21(14-18)29-5/h7-11,14H,6,12-13,15H2,1-5H3,(H,24,27). The van der Waals surface area contributed by atoms with Gasteiger partial charge in [-0.25, -0.2) is 0 Å². The molecule has 6 nitrogen and oxygen atoms in total. The van der Waals surface area contributed by atoms with E-state index in [0.29, 0.717) is 24.6 Å². The van der Waals surface area contributed by atoms with Gasteiger partial charge in [-0.15, -0.1) is 0 Å². The second-order valence-electron chi connectivity index (χ2n) is 6.89. The Kier molecular flexibility index (Phi) is 8.07. The van der Waals surface area contributed by atoms with Crippen molar-refractivity contribution in [2.75, 3.05) is 26.1 Å². The van der Waals surface area contributed by atoms with Gasteiger partial charge in [0.15, 0.2) is 11.5 Å². The molecule has 0 spiro atoms. The van der Waals surface area contributed by atoms with Gasteiger partial charge in [0.05, 0.1) is 14.2 Å². The largest absolute Gasteiger partial charge is 0.493 e. The van der Waals surface area contributed by atoms with Gasteiger partial charge in [0.2, 0.25) is 11.8 Å². The molecule has 0 aliphatic carbocycles. The van der Waals surface area contributed by atoms with E-state index >= 15 is 0 Å². The predicted molar refractivity (Wildman–Crippen MR) is 114 cm³/mol. The quantitative estimate of drug-likeness (QED) is 0.694. The highest BCUT2D eigenvalue weighted by molar-refractivity contribution is 5.92. The van der Waals surface area contributed by atoms with Gasteiger partial charge in [0.25, 0.3) is 0 Å². The maximum Gasteiger partial charge on any atom is 0.226 e. The molecule has 0 unspecified atom stereocenters. The van der Waals surface area contributed by atoms with Crippen molar-refractivity contribution >= 4 is 17.5 Å². The highest BCUT2D eigenvalue weighted by atomic mass is 16.5.